The van der Waals surface area contributed by atoms with E-state index in [1.54, 1.807) is 12.1 Å². The lowest BCUT2D eigenvalue weighted by atomic mass is 10.1. The van der Waals surface area contributed by atoms with Crippen LogP contribution in [0.4, 0.5) is 5.69 Å². The first-order valence-corrected chi connectivity index (χ1v) is 6.05. The van der Waals surface area contributed by atoms with E-state index in [2.05, 4.69) is 31.4 Å². The zero-order valence-corrected chi connectivity index (χ0v) is 11.3. The van der Waals surface area contributed by atoms with E-state index in [1.807, 2.05) is 12.1 Å². The number of hydrogen-bond acceptors (Lipinski definition) is 2. The predicted molar refractivity (Wildman–Crippen MR) is 72.5 cm³/mol. The van der Waals surface area contributed by atoms with Crippen molar-refractivity contribution < 1.29 is 4.79 Å². The zero-order chi connectivity index (χ0) is 12.9. The molecule has 0 saturated heterocycles. The van der Waals surface area contributed by atoms with Crippen LogP contribution in [0.3, 0.4) is 0 Å². The van der Waals surface area contributed by atoms with Crippen molar-refractivity contribution in [3.05, 3.63) is 29.3 Å². The lowest BCUT2D eigenvalue weighted by Gasteiger charge is -2.20. The summed E-state index contributed by atoms with van der Waals surface area (Å²) in [7, 11) is 0. The van der Waals surface area contributed by atoms with Crippen molar-refractivity contribution in [2.45, 2.75) is 32.7 Å². The van der Waals surface area contributed by atoms with Gasteiger partial charge in [0.15, 0.2) is 0 Å². The van der Waals surface area contributed by atoms with Gasteiger partial charge in [0.25, 0.3) is 0 Å². The van der Waals surface area contributed by atoms with Gasteiger partial charge in [-0.25, -0.2) is 0 Å². The molecule has 0 bridgehead atoms. The highest BCUT2D eigenvalue weighted by atomic mass is 35.5. The lowest BCUT2D eigenvalue weighted by molar-refractivity contribution is -0.116. The Hall–Kier alpha value is -1.06. The SMILES string of the molecule is CC(C)(C)NCCC(=O)Nc1cccc(Cl)c1. The van der Waals surface area contributed by atoms with Crippen LogP contribution in [0.2, 0.25) is 5.02 Å². The van der Waals surface area contributed by atoms with Crippen LogP contribution in [0.1, 0.15) is 27.2 Å². The molecule has 94 valence electrons. The maximum absolute atomic E-state index is 11.6. The molecular formula is C13H19ClN2O. The Bertz CT molecular complexity index is 385. The highest BCUT2D eigenvalue weighted by Crippen LogP contribution is 2.14. The molecule has 1 rings (SSSR count). The number of hydrogen-bond donors (Lipinski definition) is 2. The molecule has 17 heavy (non-hydrogen) atoms. The Balaban J connectivity index is 2.35. The summed E-state index contributed by atoms with van der Waals surface area (Å²) in [5.74, 6) is -0.0102. The fraction of sp³-hybridized carbons (Fsp3) is 0.462. The molecule has 0 heterocycles. The molecule has 0 radical (unpaired) electrons. The molecule has 3 nitrogen and oxygen atoms in total. The standard InChI is InChI=1S/C13H19ClN2O/c1-13(2,3)15-8-7-12(17)16-11-6-4-5-10(14)9-11/h4-6,9,15H,7-8H2,1-3H3,(H,16,17). The number of carbonyl (C=O) groups excluding carboxylic acids is 1. The molecule has 1 amide bonds. The number of carbonyl (C=O) groups is 1. The molecule has 0 saturated carbocycles. The molecule has 0 aliphatic heterocycles. The van der Waals surface area contributed by atoms with Crippen molar-refractivity contribution in [2.75, 3.05) is 11.9 Å². The van der Waals surface area contributed by atoms with Crippen molar-refractivity contribution in [3.8, 4) is 0 Å². The van der Waals surface area contributed by atoms with Crippen LogP contribution in [0, 0.1) is 0 Å². The quantitative estimate of drug-likeness (QED) is 0.867. The fourth-order valence-corrected chi connectivity index (χ4v) is 1.53. The van der Waals surface area contributed by atoms with E-state index in [-0.39, 0.29) is 11.4 Å². The molecular weight excluding hydrogens is 236 g/mol. The third-order valence-electron chi connectivity index (χ3n) is 2.12. The molecule has 4 heteroatoms. The Morgan fingerprint density at radius 1 is 1.35 bits per heavy atom. The van der Waals surface area contributed by atoms with Crippen molar-refractivity contribution in [1.82, 2.24) is 5.32 Å². The van der Waals surface area contributed by atoms with E-state index in [9.17, 15) is 4.79 Å². The summed E-state index contributed by atoms with van der Waals surface area (Å²) >= 11 is 5.83. The number of anilines is 1. The van der Waals surface area contributed by atoms with Crippen molar-refractivity contribution in [1.29, 1.82) is 0 Å². The largest absolute Gasteiger partial charge is 0.326 e. The highest BCUT2D eigenvalue weighted by molar-refractivity contribution is 6.30. The van der Waals surface area contributed by atoms with Crippen molar-refractivity contribution >= 4 is 23.2 Å². The van der Waals surface area contributed by atoms with E-state index in [4.69, 9.17) is 11.6 Å². The van der Waals surface area contributed by atoms with Gasteiger partial charge in [0.1, 0.15) is 0 Å². The predicted octanol–water partition coefficient (Wildman–Crippen LogP) is 3.06. The topological polar surface area (TPSA) is 41.1 Å². The van der Waals surface area contributed by atoms with E-state index >= 15 is 0 Å². The van der Waals surface area contributed by atoms with Crippen molar-refractivity contribution in [3.63, 3.8) is 0 Å². The number of halogens is 1. The van der Waals surface area contributed by atoms with Gasteiger partial charge in [-0.05, 0) is 39.0 Å². The van der Waals surface area contributed by atoms with Gasteiger partial charge in [-0.3, -0.25) is 4.79 Å². The third kappa shape index (κ3) is 6.29. The second kappa shape index (κ2) is 6.03. The summed E-state index contributed by atoms with van der Waals surface area (Å²) in [6.45, 7) is 6.88. The van der Waals surface area contributed by atoms with Crippen LogP contribution in [0.5, 0.6) is 0 Å². The van der Waals surface area contributed by atoms with Crippen LogP contribution >= 0.6 is 11.6 Å². The molecule has 0 spiro atoms. The lowest BCUT2D eigenvalue weighted by Crippen LogP contribution is -2.37. The zero-order valence-electron chi connectivity index (χ0n) is 10.5. The Morgan fingerprint density at radius 2 is 2.06 bits per heavy atom. The van der Waals surface area contributed by atoms with Gasteiger partial charge in [0.2, 0.25) is 5.91 Å². The Kier molecular flexibility index (Phi) is 4.97. The van der Waals surface area contributed by atoms with Crippen LogP contribution in [0.25, 0.3) is 0 Å². The summed E-state index contributed by atoms with van der Waals surface area (Å²) in [5.41, 5.74) is 0.773. The van der Waals surface area contributed by atoms with Gasteiger partial charge in [0.05, 0.1) is 0 Å². The number of amides is 1. The molecule has 1 aromatic carbocycles. The van der Waals surface area contributed by atoms with Crippen LogP contribution in [-0.2, 0) is 4.79 Å². The minimum atomic E-state index is -0.0102. The summed E-state index contributed by atoms with van der Waals surface area (Å²) in [4.78, 5) is 11.6. The number of benzene rings is 1. The summed E-state index contributed by atoms with van der Waals surface area (Å²) in [6.07, 6.45) is 0.448. The third-order valence-corrected chi connectivity index (χ3v) is 2.35. The average molecular weight is 255 g/mol. The normalized spacial score (nSPS) is 11.3. The molecule has 0 aliphatic rings. The maximum atomic E-state index is 11.6. The second-order valence-corrected chi connectivity index (χ2v) is 5.42. The van der Waals surface area contributed by atoms with E-state index < -0.39 is 0 Å². The Morgan fingerprint density at radius 3 is 2.65 bits per heavy atom. The smallest absolute Gasteiger partial charge is 0.225 e. The average Bonchev–Trinajstić information content (AvgIpc) is 2.15. The van der Waals surface area contributed by atoms with Gasteiger partial charge in [-0.1, -0.05) is 17.7 Å². The van der Waals surface area contributed by atoms with Crippen LogP contribution < -0.4 is 10.6 Å². The monoisotopic (exact) mass is 254 g/mol. The molecule has 0 atom stereocenters. The Labute approximate surface area is 108 Å². The molecule has 0 aromatic heterocycles. The van der Waals surface area contributed by atoms with E-state index in [0.717, 1.165) is 5.69 Å². The van der Waals surface area contributed by atoms with Crippen molar-refractivity contribution in [2.24, 2.45) is 0 Å². The maximum Gasteiger partial charge on any atom is 0.225 e. The van der Waals surface area contributed by atoms with Gasteiger partial charge in [-0.15, -0.1) is 0 Å². The molecule has 2 N–H and O–H groups in total. The number of rotatable bonds is 4. The highest BCUT2D eigenvalue weighted by Gasteiger charge is 2.09. The summed E-state index contributed by atoms with van der Waals surface area (Å²) in [5, 5.41) is 6.69. The molecule has 0 unspecified atom stereocenters. The van der Waals surface area contributed by atoms with Gasteiger partial charge >= 0.3 is 0 Å². The first-order valence-electron chi connectivity index (χ1n) is 5.67. The molecule has 1 aromatic rings. The minimum absolute atomic E-state index is 0.0102. The fourth-order valence-electron chi connectivity index (χ4n) is 1.34. The first-order chi connectivity index (χ1) is 7.87. The molecule has 0 fully saturated rings. The minimum Gasteiger partial charge on any atom is -0.326 e. The second-order valence-electron chi connectivity index (χ2n) is 4.99. The van der Waals surface area contributed by atoms with Gasteiger partial charge in [-0.2, -0.15) is 0 Å². The first kappa shape index (κ1) is 14.0. The van der Waals surface area contributed by atoms with Crippen LogP contribution in [0.15, 0.2) is 24.3 Å². The molecule has 0 aliphatic carbocycles. The van der Waals surface area contributed by atoms with Gasteiger partial charge < -0.3 is 10.6 Å². The van der Waals surface area contributed by atoms with E-state index in [1.165, 1.54) is 0 Å². The number of nitrogens with one attached hydrogen (secondary N) is 2. The van der Waals surface area contributed by atoms with Crippen LogP contribution in [-0.4, -0.2) is 18.0 Å². The summed E-state index contributed by atoms with van der Waals surface area (Å²) < 4.78 is 0. The van der Waals surface area contributed by atoms with E-state index in [0.29, 0.717) is 18.0 Å². The van der Waals surface area contributed by atoms with Gasteiger partial charge in [0, 0.05) is 29.2 Å². The summed E-state index contributed by atoms with van der Waals surface area (Å²) in [6, 6.07) is 7.14.